The first-order valence-electron chi connectivity index (χ1n) is 5.81. The van der Waals surface area contributed by atoms with Gasteiger partial charge in [-0.25, -0.2) is 4.79 Å². The monoisotopic (exact) mass is 328 g/mol. The normalized spacial score (nSPS) is 10.9. The highest BCUT2D eigenvalue weighted by Crippen LogP contribution is 2.15. The predicted molar refractivity (Wildman–Crippen MR) is 75.8 cm³/mol. The van der Waals surface area contributed by atoms with Gasteiger partial charge in [-0.2, -0.15) is 0 Å². The van der Waals surface area contributed by atoms with Gasteiger partial charge in [-0.05, 0) is 25.5 Å². The van der Waals surface area contributed by atoms with E-state index in [1.54, 1.807) is 13.8 Å². The van der Waals surface area contributed by atoms with Crippen LogP contribution in [0.3, 0.4) is 0 Å². The molecule has 0 aliphatic rings. The van der Waals surface area contributed by atoms with Crippen molar-refractivity contribution in [2.24, 2.45) is 0 Å². The van der Waals surface area contributed by atoms with Crippen LogP contribution >= 0.6 is 15.9 Å². The maximum Gasteiger partial charge on any atom is 0.315 e. The molecule has 0 aliphatic heterocycles. The number of hydrogen-bond acceptors (Lipinski definition) is 2. The van der Waals surface area contributed by atoms with Crippen molar-refractivity contribution in [2.75, 3.05) is 0 Å². The van der Waals surface area contributed by atoms with Gasteiger partial charge in [0.1, 0.15) is 0 Å². The molecule has 19 heavy (non-hydrogen) atoms. The number of carboxylic acids is 1. The summed E-state index contributed by atoms with van der Waals surface area (Å²) in [6.07, 6.45) is -0.130. The second-order valence-electron chi connectivity index (χ2n) is 4.85. The molecular weight excluding hydrogens is 312 g/mol. The third kappa shape index (κ3) is 5.74. The topological polar surface area (TPSA) is 78.4 Å². The molecule has 0 unspecified atom stereocenters. The van der Waals surface area contributed by atoms with Gasteiger partial charge in [-0.1, -0.05) is 34.1 Å². The number of hydrogen-bond donors (Lipinski definition) is 3. The highest BCUT2D eigenvalue weighted by atomic mass is 79.9. The fourth-order valence-electron chi connectivity index (χ4n) is 1.59. The molecule has 0 heterocycles. The molecule has 0 fully saturated rings. The van der Waals surface area contributed by atoms with Crippen LogP contribution in [0.1, 0.15) is 25.8 Å². The van der Waals surface area contributed by atoms with Crippen LogP contribution in [0.5, 0.6) is 0 Å². The first kappa shape index (κ1) is 15.5. The Morgan fingerprint density at radius 1 is 1.32 bits per heavy atom. The van der Waals surface area contributed by atoms with E-state index in [1.807, 2.05) is 24.3 Å². The summed E-state index contributed by atoms with van der Waals surface area (Å²) in [5.74, 6) is -0.948. The smallest absolute Gasteiger partial charge is 0.315 e. The number of nitrogens with one attached hydrogen (secondary N) is 2. The Kier molecular flexibility index (Phi) is 5.35. The molecule has 6 heteroatoms. The Hall–Kier alpha value is -1.56. The molecule has 2 amide bonds. The average molecular weight is 329 g/mol. The van der Waals surface area contributed by atoms with Gasteiger partial charge in [0.05, 0.1) is 6.42 Å². The fraction of sp³-hybridized carbons (Fsp3) is 0.385. The van der Waals surface area contributed by atoms with E-state index in [9.17, 15) is 9.59 Å². The number of aliphatic carboxylic acids is 1. The lowest BCUT2D eigenvalue weighted by Crippen LogP contribution is -2.49. The number of amides is 2. The summed E-state index contributed by atoms with van der Waals surface area (Å²) in [4.78, 5) is 22.3. The van der Waals surface area contributed by atoms with Gasteiger partial charge in [-0.3, -0.25) is 4.79 Å². The Labute approximate surface area is 120 Å². The summed E-state index contributed by atoms with van der Waals surface area (Å²) < 4.78 is 0.917. The third-order valence-electron chi connectivity index (χ3n) is 2.44. The number of rotatable bonds is 5. The van der Waals surface area contributed by atoms with E-state index in [0.717, 1.165) is 10.0 Å². The quantitative estimate of drug-likeness (QED) is 0.777. The zero-order chi connectivity index (χ0) is 14.5. The van der Waals surface area contributed by atoms with Crippen LogP contribution in [0.15, 0.2) is 28.7 Å². The largest absolute Gasteiger partial charge is 0.481 e. The van der Waals surface area contributed by atoms with Crippen molar-refractivity contribution in [3.63, 3.8) is 0 Å². The fourth-order valence-corrected chi connectivity index (χ4v) is 2.02. The van der Waals surface area contributed by atoms with Crippen LogP contribution in [0.4, 0.5) is 4.79 Å². The minimum atomic E-state index is -0.948. The standard InChI is InChI=1S/C13H17BrN2O3/c1-13(2,7-11(17)18)16-12(19)15-8-9-5-3-4-6-10(9)14/h3-6H,7-8H2,1-2H3,(H,17,18)(H2,15,16,19). The van der Waals surface area contributed by atoms with Crippen molar-refractivity contribution >= 4 is 27.9 Å². The van der Waals surface area contributed by atoms with Gasteiger partial charge in [0.25, 0.3) is 0 Å². The van der Waals surface area contributed by atoms with Crippen molar-refractivity contribution in [2.45, 2.75) is 32.4 Å². The summed E-state index contributed by atoms with van der Waals surface area (Å²) in [6.45, 7) is 3.70. The van der Waals surface area contributed by atoms with Crippen LogP contribution in [0, 0.1) is 0 Å². The molecule has 0 aromatic heterocycles. The zero-order valence-electron chi connectivity index (χ0n) is 10.9. The molecule has 104 valence electrons. The van der Waals surface area contributed by atoms with E-state index in [4.69, 9.17) is 5.11 Å². The molecule has 3 N–H and O–H groups in total. The SMILES string of the molecule is CC(C)(CC(=O)O)NC(=O)NCc1ccccc1Br. The number of benzene rings is 1. The van der Waals surface area contributed by atoms with E-state index < -0.39 is 11.5 Å². The summed E-state index contributed by atoms with van der Waals surface area (Å²) in [6, 6.07) is 7.18. The summed E-state index contributed by atoms with van der Waals surface area (Å²) in [5.41, 5.74) is 0.165. The molecule has 1 aromatic rings. The van der Waals surface area contributed by atoms with Gasteiger partial charge in [0, 0.05) is 16.6 Å². The number of carbonyl (C=O) groups is 2. The first-order chi connectivity index (χ1) is 8.80. The lowest BCUT2D eigenvalue weighted by atomic mass is 10.0. The van der Waals surface area contributed by atoms with Gasteiger partial charge >= 0.3 is 12.0 Å². The third-order valence-corrected chi connectivity index (χ3v) is 3.22. The van der Waals surface area contributed by atoms with Crippen molar-refractivity contribution in [3.8, 4) is 0 Å². The predicted octanol–water partition coefficient (Wildman–Crippen LogP) is 2.50. The minimum absolute atomic E-state index is 0.130. The van der Waals surface area contributed by atoms with E-state index in [2.05, 4.69) is 26.6 Å². The molecule has 0 spiro atoms. The van der Waals surface area contributed by atoms with Crippen molar-refractivity contribution in [1.29, 1.82) is 0 Å². The lowest BCUT2D eigenvalue weighted by molar-refractivity contribution is -0.138. The maximum absolute atomic E-state index is 11.7. The Morgan fingerprint density at radius 2 is 1.95 bits per heavy atom. The maximum atomic E-state index is 11.7. The van der Waals surface area contributed by atoms with E-state index in [1.165, 1.54) is 0 Å². The minimum Gasteiger partial charge on any atom is -0.481 e. The number of carboxylic acid groups (broad SMARTS) is 1. The molecule has 1 aromatic carbocycles. The second kappa shape index (κ2) is 6.56. The van der Waals surface area contributed by atoms with Crippen LogP contribution in [0.25, 0.3) is 0 Å². The molecular formula is C13H17BrN2O3. The lowest BCUT2D eigenvalue weighted by Gasteiger charge is -2.24. The highest BCUT2D eigenvalue weighted by Gasteiger charge is 2.23. The molecule has 0 bridgehead atoms. The van der Waals surface area contributed by atoms with Crippen LogP contribution in [-0.2, 0) is 11.3 Å². The van der Waals surface area contributed by atoms with Crippen molar-refractivity contribution < 1.29 is 14.7 Å². The van der Waals surface area contributed by atoms with Crippen LogP contribution in [-0.4, -0.2) is 22.6 Å². The van der Waals surface area contributed by atoms with Crippen molar-refractivity contribution in [1.82, 2.24) is 10.6 Å². The first-order valence-corrected chi connectivity index (χ1v) is 6.61. The second-order valence-corrected chi connectivity index (χ2v) is 5.71. The Morgan fingerprint density at radius 3 is 2.53 bits per heavy atom. The molecule has 0 saturated heterocycles. The van der Waals surface area contributed by atoms with Gasteiger partial charge in [-0.15, -0.1) is 0 Å². The molecule has 0 atom stereocenters. The van der Waals surface area contributed by atoms with Gasteiger partial charge < -0.3 is 15.7 Å². The summed E-state index contributed by atoms with van der Waals surface area (Å²) in [5, 5.41) is 14.1. The number of urea groups is 1. The molecule has 1 rings (SSSR count). The molecule has 0 saturated carbocycles. The average Bonchev–Trinajstić information content (AvgIpc) is 2.25. The zero-order valence-corrected chi connectivity index (χ0v) is 12.5. The van der Waals surface area contributed by atoms with Gasteiger partial charge in [0.2, 0.25) is 0 Å². The van der Waals surface area contributed by atoms with Gasteiger partial charge in [0.15, 0.2) is 0 Å². The molecule has 0 radical (unpaired) electrons. The van der Waals surface area contributed by atoms with Crippen LogP contribution in [0.2, 0.25) is 0 Å². The van der Waals surface area contributed by atoms with E-state index >= 15 is 0 Å². The van der Waals surface area contributed by atoms with E-state index in [0.29, 0.717) is 6.54 Å². The van der Waals surface area contributed by atoms with E-state index in [-0.39, 0.29) is 12.5 Å². The number of carbonyl (C=O) groups excluding carboxylic acids is 1. The Balaban J connectivity index is 2.48. The highest BCUT2D eigenvalue weighted by molar-refractivity contribution is 9.10. The Bertz CT molecular complexity index is 475. The van der Waals surface area contributed by atoms with Crippen molar-refractivity contribution in [3.05, 3.63) is 34.3 Å². The summed E-state index contributed by atoms with van der Waals surface area (Å²) >= 11 is 3.39. The number of halogens is 1. The molecule has 0 aliphatic carbocycles. The molecule has 5 nitrogen and oxygen atoms in total. The summed E-state index contributed by atoms with van der Waals surface area (Å²) in [7, 11) is 0. The van der Waals surface area contributed by atoms with Crippen LogP contribution < -0.4 is 10.6 Å².